The highest BCUT2D eigenvalue weighted by Crippen LogP contribution is 2.19. The first-order valence-corrected chi connectivity index (χ1v) is 7.27. The molecule has 94 valence electrons. The summed E-state index contributed by atoms with van der Waals surface area (Å²) in [4.78, 5) is 11.2. The van der Waals surface area contributed by atoms with Crippen molar-refractivity contribution in [1.29, 1.82) is 0 Å². The van der Waals surface area contributed by atoms with Crippen LogP contribution in [-0.2, 0) is 14.6 Å². The first kappa shape index (κ1) is 13.9. The molecule has 0 aliphatic carbocycles. The SMILES string of the molecule is CC(=O)CCCS(=O)(=O)c1cc(C)ccc1C. The number of rotatable bonds is 5. The Morgan fingerprint density at radius 3 is 2.47 bits per heavy atom. The second-order valence-corrected chi connectivity index (χ2v) is 6.47. The Kier molecular flexibility index (Phi) is 4.46. The van der Waals surface area contributed by atoms with Crippen LogP contribution in [-0.4, -0.2) is 20.0 Å². The molecule has 0 spiro atoms. The van der Waals surface area contributed by atoms with E-state index in [1.165, 1.54) is 6.92 Å². The Balaban J connectivity index is 2.89. The summed E-state index contributed by atoms with van der Waals surface area (Å²) in [6, 6.07) is 5.40. The zero-order valence-electron chi connectivity index (χ0n) is 10.5. The predicted molar refractivity (Wildman–Crippen MR) is 67.9 cm³/mol. The maximum atomic E-state index is 12.1. The van der Waals surface area contributed by atoms with Gasteiger partial charge in [-0.2, -0.15) is 0 Å². The number of aryl methyl sites for hydroxylation is 2. The second-order valence-electron chi connectivity index (χ2n) is 4.39. The molecule has 0 heterocycles. The van der Waals surface area contributed by atoms with Gasteiger partial charge in [0.05, 0.1) is 10.6 Å². The highest BCUT2D eigenvalue weighted by atomic mass is 32.2. The van der Waals surface area contributed by atoms with Gasteiger partial charge in [0.15, 0.2) is 9.84 Å². The molecule has 0 saturated carbocycles. The lowest BCUT2D eigenvalue weighted by atomic mass is 10.2. The summed E-state index contributed by atoms with van der Waals surface area (Å²) in [6.45, 7) is 5.13. The third kappa shape index (κ3) is 3.97. The molecule has 4 heteroatoms. The third-order valence-corrected chi connectivity index (χ3v) is 4.56. The van der Waals surface area contributed by atoms with Crippen molar-refractivity contribution in [3.63, 3.8) is 0 Å². The fourth-order valence-electron chi connectivity index (χ4n) is 1.66. The minimum Gasteiger partial charge on any atom is -0.300 e. The summed E-state index contributed by atoms with van der Waals surface area (Å²) in [5.74, 6) is 0.0674. The van der Waals surface area contributed by atoms with Crippen molar-refractivity contribution >= 4 is 15.6 Å². The molecule has 0 fully saturated rings. The largest absolute Gasteiger partial charge is 0.300 e. The minimum atomic E-state index is -3.26. The first-order chi connectivity index (χ1) is 7.83. The molecular formula is C13H18O3S. The standard InChI is InChI=1S/C13H18O3S/c1-10-6-7-11(2)13(9-10)17(15,16)8-4-5-12(3)14/h6-7,9H,4-5,8H2,1-3H3. The molecular weight excluding hydrogens is 236 g/mol. The highest BCUT2D eigenvalue weighted by Gasteiger charge is 2.16. The van der Waals surface area contributed by atoms with Gasteiger partial charge in [0, 0.05) is 6.42 Å². The maximum absolute atomic E-state index is 12.1. The van der Waals surface area contributed by atoms with Crippen LogP contribution < -0.4 is 0 Å². The van der Waals surface area contributed by atoms with Gasteiger partial charge in [-0.15, -0.1) is 0 Å². The summed E-state index contributed by atoms with van der Waals surface area (Å²) in [7, 11) is -3.26. The quantitative estimate of drug-likeness (QED) is 0.811. The van der Waals surface area contributed by atoms with E-state index in [1.807, 2.05) is 19.1 Å². The van der Waals surface area contributed by atoms with E-state index in [4.69, 9.17) is 0 Å². The molecule has 0 amide bonds. The Hall–Kier alpha value is -1.16. The van der Waals surface area contributed by atoms with E-state index in [1.54, 1.807) is 13.0 Å². The molecule has 0 aliphatic rings. The van der Waals surface area contributed by atoms with Crippen molar-refractivity contribution in [1.82, 2.24) is 0 Å². The molecule has 1 aromatic carbocycles. The van der Waals surface area contributed by atoms with Gasteiger partial charge < -0.3 is 4.79 Å². The van der Waals surface area contributed by atoms with Crippen LogP contribution in [0, 0.1) is 13.8 Å². The van der Waals surface area contributed by atoms with Gasteiger partial charge in [-0.3, -0.25) is 0 Å². The number of Topliss-reactive ketones (excluding diaryl/α,β-unsaturated/α-hetero) is 1. The van der Waals surface area contributed by atoms with Gasteiger partial charge >= 0.3 is 0 Å². The van der Waals surface area contributed by atoms with Crippen LogP contribution in [0.5, 0.6) is 0 Å². The molecule has 17 heavy (non-hydrogen) atoms. The molecule has 0 radical (unpaired) electrons. The lowest BCUT2D eigenvalue weighted by Crippen LogP contribution is -2.10. The van der Waals surface area contributed by atoms with Crippen molar-refractivity contribution in [2.75, 3.05) is 5.75 Å². The predicted octanol–water partition coefficient (Wildman–Crippen LogP) is 2.45. The van der Waals surface area contributed by atoms with Gasteiger partial charge in [-0.05, 0) is 44.4 Å². The molecule has 1 aromatic rings. The number of sulfone groups is 1. The molecule has 0 bridgehead atoms. The fraction of sp³-hybridized carbons (Fsp3) is 0.462. The number of hydrogen-bond acceptors (Lipinski definition) is 3. The van der Waals surface area contributed by atoms with Crippen LogP contribution in [0.4, 0.5) is 0 Å². The zero-order chi connectivity index (χ0) is 13.1. The number of hydrogen-bond donors (Lipinski definition) is 0. The first-order valence-electron chi connectivity index (χ1n) is 5.62. The number of ketones is 1. The Labute approximate surface area is 103 Å². The minimum absolute atomic E-state index is 0.0289. The van der Waals surface area contributed by atoms with E-state index in [9.17, 15) is 13.2 Å². The summed E-state index contributed by atoms with van der Waals surface area (Å²) < 4.78 is 24.2. The zero-order valence-corrected chi connectivity index (χ0v) is 11.3. The van der Waals surface area contributed by atoms with Crippen LogP contribution in [0.15, 0.2) is 23.1 Å². The lowest BCUT2D eigenvalue weighted by Gasteiger charge is -2.08. The average Bonchev–Trinajstić information content (AvgIpc) is 2.20. The normalized spacial score (nSPS) is 11.5. The van der Waals surface area contributed by atoms with E-state index in [-0.39, 0.29) is 11.5 Å². The van der Waals surface area contributed by atoms with Crippen LogP contribution in [0.1, 0.15) is 30.9 Å². The number of benzene rings is 1. The average molecular weight is 254 g/mol. The monoisotopic (exact) mass is 254 g/mol. The van der Waals surface area contributed by atoms with E-state index < -0.39 is 9.84 Å². The fourth-order valence-corrected chi connectivity index (χ4v) is 3.33. The smallest absolute Gasteiger partial charge is 0.178 e. The van der Waals surface area contributed by atoms with Gasteiger partial charge in [0.1, 0.15) is 5.78 Å². The van der Waals surface area contributed by atoms with Crippen molar-refractivity contribution in [3.05, 3.63) is 29.3 Å². The van der Waals surface area contributed by atoms with Crippen LogP contribution in [0.3, 0.4) is 0 Å². The van der Waals surface area contributed by atoms with Crippen LogP contribution >= 0.6 is 0 Å². The molecule has 0 aliphatic heterocycles. The van der Waals surface area contributed by atoms with E-state index in [0.29, 0.717) is 17.7 Å². The summed E-state index contributed by atoms with van der Waals surface area (Å²) in [6.07, 6.45) is 0.717. The van der Waals surface area contributed by atoms with Crippen LogP contribution in [0.25, 0.3) is 0 Å². The molecule has 3 nitrogen and oxygen atoms in total. The molecule has 0 saturated heterocycles. The second kappa shape index (κ2) is 5.45. The van der Waals surface area contributed by atoms with Crippen LogP contribution in [0.2, 0.25) is 0 Å². The summed E-state index contributed by atoms with van der Waals surface area (Å²) in [5, 5.41) is 0. The van der Waals surface area contributed by atoms with Gasteiger partial charge in [-0.1, -0.05) is 12.1 Å². The van der Waals surface area contributed by atoms with Crippen molar-refractivity contribution in [2.45, 2.75) is 38.5 Å². The maximum Gasteiger partial charge on any atom is 0.178 e. The summed E-state index contributed by atoms with van der Waals surface area (Å²) >= 11 is 0. The van der Waals surface area contributed by atoms with E-state index in [2.05, 4.69) is 0 Å². The molecule has 0 aromatic heterocycles. The van der Waals surface area contributed by atoms with E-state index >= 15 is 0 Å². The van der Waals surface area contributed by atoms with Gasteiger partial charge in [0.25, 0.3) is 0 Å². The topological polar surface area (TPSA) is 51.2 Å². The summed E-state index contributed by atoms with van der Waals surface area (Å²) in [5.41, 5.74) is 1.69. The highest BCUT2D eigenvalue weighted by molar-refractivity contribution is 7.91. The Morgan fingerprint density at radius 2 is 1.88 bits per heavy atom. The van der Waals surface area contributed by atoms with Crippen molar-refractivity contribution < 1.29 is 13.2 Å². The number of carbonyl (C=O) groups excluding carboxylic acids is 1. The number of carbonyl (C=O) groups is 1. The lowest BCUT2D eigenvalue weighted by molar-refractivity contribution is -0.117. The van der Waals surface area contributed by atoms with Crippen molar-refractivity contribution in [3.8, 4) is 0 Å². The molecule has 0 N–H and O–H groups in total. The van der Waals surface area contributed by atoms with E-state index in [0.717, 1.165) is 11.1 Å². The molecule has 0 atom stereocenters. The Bertz CT molecular complexity index is 515. The van der Waals surface area contributed by atoms with Gasteiger partial charge in [-0.25, -0.2) is 8.42 Å². The Morgan fingerprint density at radius 1 is 1.24 bits per heavy atom. The van der Waals surface area contributed by atoms with Crippen molar-refractivity contribution in [2.24, 2.45) is 0 Å². The van der Waals surface area contributed by atoms with Gasteiger partial charge in [0.2, 0.25) is 0 Å². The molecule has 1 rings (SSSR count). The molecule has 0 unspecified atom stereocenters. The third-order valence-electron chi connectivity index (χ3n) is 2.62.